The summed E-state index contributed by atoms with van der Waals surface area (Å²) < 4.78 is 6.98. The first-order valence-electron chi connectivity index (χ1n) is 10.6. The van der Waals surface area contributed by atoms with Gasteiger partial charge in [0, 0.05) is 17.7 Å². The molecule has 1 aliphatic carbocycles. The zero-order chi connectivity index (χ0) is 21.5. The second kappa shape index (κ2) is 7.65. The van der Waals surface area contributed by atoms with Crippen LogP contribution in [0, 0.1) is 0 Å². The summed E-state index contributed by atoms with van der Waals surface area (Å²) in [6, 6.07) is 16.1. The van der Waals surface area contributed by atoms with Gasteiger partial charge in [-0.15, -0.1) is 0 Å². The number of allylic oxidation sites excluding steroid dienone is 2. The molecule has 0 spiro atoms. The lowest BCUT2D eigenvalue weighted by Gasteiger charge is -2.34. The highest BCUT2D eigenvalue weighted by atomic mass is 16.5. The van der Waals surface area contributed by atoms with E-state index in [1.807, 2.05) is 24.3 Å². The number of nitrogens with one attached hydrogen (secondary N) is 1. The van der Waals surface area contributed by atoms with Crippen LogP contribution in [0.15, 0.2) is 59.8 Å². The molecule has 7 heteroatoms. The van der Waals surface area contributed by atoms with Gasteiger partial charge in [-0.05, 0) is 57.5 Å². The maximum Gasteiger partial charge on any atom is 0.248 e. The topological polar surface area (TPSA) is 81.9 Å². The minimum absolute atomic E-state index is 0.107. The molecule has 1 aromatic heterocycles. The fourth-order valence-corrected chi connectivity index (χ4v) is 4.56. The maximum absolute atomic E-state index is 13.4. The molecule has 0 radical (unpaired) electrons. The van der Waals surface area contributed by atoms with Crippen LogP contribution in [0.4, 0.5) is 5.95 Å². The van der Waals surface area contributed by atoms with E-state index >= 15 is 0 Å². The van der Waals surface area contributed by atoms with E-state index in [1.165, 1.54) is 5.56 Å². The summed E-state index contributed by atoms with van der Waals surface area (Å²) in [5.74, 6) is 2.07. The number of hydrogen-bond acceptors (Lipinski definition) is 6. The molecule has 1 aliphatic heterocycles. The molecule has 158 valence electrons. The van der Waals surface area contributed by atoms with E-state index in [2.05, 4.69) is 59.0 Å². The number of fused-ring (bicyclic) bond motifs is 1. The van der Waals surface area contributed by atoms with Gasteiger partial charge in [0.2, 0.25) is 5.95 Å². The van der Waals surface area contributed by atoms with Gasteiger partial charge < -0.3 is 10.1 Å². The standard InChI is InChI=1S/C24H25N5O2/c1-14(2)15-4-6-17(7-5-15)23-22-20(25-24-26-27-28-29(23)24)12-18(13-21(22)30)16-8-10-19(31-3)11-9-16/h4-11,14,18,23H,12-13H2,1-3H3,(H,25,26,28)/t18-,23-/m1/s1. The number of ketones is 1. The van der Waals surface area contributed by atoms with E-state index in [4.69, 9.17) is 4.74 Å². The van der Waals surface area contributed by atoms with Gasteiger partial charge in [-0.2, -0.15) is 4.68 Å². The van der Waals surface area contributed by atoms with Crippen molar-refractivity contribution in [3.63, 3.8) is 0 Å². The number of anilines is 1. The number of nitrogens with zero attached hydrogens (tertiary/aromatic N) is 4. The van der Waals surface area contributed by atoms with Crippen LogP contribution in [0.5, 0.6) is 5.75 Å². The van der Waals surface area contributed by atoms with E-state index in [-0.39, 0.29) is 17.7 Å². The van der Waals surface area contributed by atoms with Crippen LogP contribution in [0.3, 0.4) is 0 Å². The van der Waals surface area contributed by atoms with E-state index in [0.29, 0.717) is 18.3 Å². The van der Waals surface area contributed by atoms with Crippen molar-refractivity contribution in [2.45, 2.75) is 44.6 Å². The lowest BCUT2D eigenvalue weighted by atomic mass is 9.78. The molecule has 0 saturated heterocycles. The van der Waals surface area contributed by atoms with Gasteiger partial charge in [0.15, 0.2) is 5.78 Å². The minimum atomic E-state index is -0.313. The normalized spacial score (nSPS) is 20.3. The Balaban J connectivity index is 1.53. The number of benzene rings is 2. The summed E-state index contributed by atoms with van der Waals surface area (Å²) in [5, 5.41) is 15.5. The Hall–Kier alpha value is -3.48. The van der Waals surface area contributed by atoms with Crippen molar-refractivity contribution in [3.8, 4) is 5.75 Å². The molecule has 1 N–H and O–H groups in total. The SMILES string of the molecule is COc1ccc([C@H]2CC(=O)C3=C(C2)Nc2nnnn2[C@@H]3c2ccc(C(C)C)cc2)cc1. The van der Waals surface area contributed by atoms with E-state index in [9.17, 15) is 4.79 Å². The molecular formula is C24H25N5O2. The van der Waals surface area contributed by atoms with Crippen LogP contribution < -0.4 is 10.1 Å². The van der Waals surface area contributed by atoms with Crippen LogP contribution in [0.2, 0.25) is 0 Å². The van der Waals surface area contributed by atoms with Crippen LogP contribution >= 0.6 is 0 Å². The molecule has 0 unspecified atom stereocenters. The number of hydrogen-bond donors (Lipinski definition) is 1. The van der Waals surface area contributed by atoms with Gasteiger partial charge in [0.1, 0.15) is 11.8 Å². The molecule has 0 saturated carbocycles. The third-order valence-electron chi connectivity index (χ3n) is 6.29. The van der Waals surface area contributed by atoms with E-state index in [1.54, 1.807) is 11.8 Å². The number of tetrazole rings is 1. The number of carbonyl (C=O) groups is 1. The largest absolute Gasteiger partial charge is 0.497 e. The van der Waals surface area contributed by atoms with Crippen LogP contribution in [0.25, 0.3) is 0 Å². The van der Waals surface area contributed by atoms with Crippen LogP contribution in [-0.2, 0) is 4.79 Å². The van der Waals surface area contributed by atoms with Gasteiger partial charge in [0.25, 0.3) is 0 Å². The highest BCUT2D eigenvalue weighted by molar-refractivity contribution is 6.00. The summed E-state index contributed by atoms with van der Waals surface area (Å²) in [6.45, 7) is 4.34. The first-order chi connectivity index (χ1) is 15.0. The first kappa shape index (κ1) is 19.5. The molecule has 0 fully saturated rings. The van der Waals surface area contributed by atoms with Crippen LogP contribution in [-0.4, -0.2) is 33.1 Å². The Morgan fingerprint density at radius 1 is 1.03 bits per heavy atom. The summed E-state index contributed by atoms with van der Waals surface area (Å²) in [7, 11) is 1.65. The molecule has 31 heavy (non-hydrogen) atoms. The molecule has 0 amide bonds. The molecular weight excluding hydrogens is 390 g/mol. The molecule has 0 bridgehead atoms. The number of rotatable bonds is 4. The number of aromatic nitrogens is 4. The predicted octanol–water partition coefficient (Wildman–Crippen LogP) is 4.22. The van der Waals surface area contributed by atoms with Crippen molar-refractivity contribution in [1.82, 2.24) is 20.2 Å². The number of Topliss-reactive ketones (excluding diaryl/α,β-unsaturated/α-hetero) is 1. The van der Waals surface area contributed by atoms with Crippen molar-refractivity contribution < 1.29 is 9.53 Å². The second-order valence-corrected chi connectivity index (χ2v) is 8.49. The third kappa shape index (κ3) is 3.40. The monoisotopic (exact) mass is 415 g/mol. The van der Waals surface area contributed by atoms with Crippen molar-refractivity contribution in [1.29, 1.82) is 0 Å². The van der Waals surface area contributed by atoms with E-state index < -0.39 is 0 Å². The Kier molecular flexibility index (Phi) is 4.81. The zero-order valence-electron chi connectivity index (χ0n) is 17.9. The van der Waals surface area contributed by atoms with Crippen molar-refractivity contribution in [2.24, 2.45) is 0 Å². The van der Waals surface area contributed by atoms with Crippen LogP contribution in [0.1, 0.15) is 61.3 Å². The average molecular weight is 415 g/mol. The quantitative estimate of drug-likeness (QED) is 0.687. The molecule has 2 heterocycles. The number of methoxy groups -OCH3 is 1. The lowest BCUT2D eigenvalue weighted by molar-refractivity contribution is -0.116. The van der Waals surface area contributed by atoms with Gasteiger partial charge in [0.05, 0.1) is 7.11 Å². The number of carbonyl (C=O) groups excluding carboxylic acids is 1. The van der Waals surface area contributed by atoms with E-state index in [0.717, 1.165) is 34.6 Å². The second-order valence-electron chi connectivity index (χ2n) is 8.49. The highest BCUT2D eigenvalue weighted by Gasteiger charge is 2.39. The molecule has 7 nitrogen and oxygen atoms in total. The molecule has 2 atom stereocenters. The summed E-state index contributed by atoms with van der Waals surface area (Å²) >= 11 is 0. The van der Waals surface area contributed by atoms with Gasteiger partial charge in [-0.25, -0.2) is 0 Å². The predicted molar refractivity (Wildman–Crippen MR) is 117 cm³/mol. The Labute approximate surface area is 181 Å². The Morgan fingerprint density at radius 2 is 1.74 bits per heavy atom. The maximum atomic E-state index is 13.4. The van der Waals surface area contributed by atoms with Crippen molar-refractivity contribution in [3.05, 3.63) is 76.5 Å². The zero-order valence-corrected chi connectivity index (χ0v) is 17.9. The average Bonchev–Trinajstić information content (AvgIpc) is 3.26. The van der Waals surface area contributed by atoms with Crippen molar-refractivity contribution in [2.75, 3.05) is 12.4 Å². The van der Waals surface area contributed by atoms with Gasteiger partial charge in [-0.3, -0.25) is 4.79 Å². The first-order valence-corrected chi connectivity index (χ1v) is 10.6. The smallest absolute Gasteiger partial charge is 0.248 e. The lowest BCUT2D eigenvalue weighted by Crippen LogP contribution is -2.33. The third-order valence-corrected chi connectivity index (χ3v) is 6.29. The summed E-state index contributed by atoms with van der Waals surface area (Å²) in [6.07, 6.45) is 1.20. The molecule has 2 aliphatic rings. The Morgan fingerprint density at radius 3 is 2.42 bits per heavy atom. The fraction of sp³-hybridized carbons (Fsp3) is 0.333. The summed E-state index contributed by atoms with van der Waals surface area (Å²) in [4.78, 5) is 13.4. The Bertz CT molecular complexity index is 1150. The molecule has 2 aromatic carbocycles. The van der Waals surface area contributed by atoms with Gasteiger partial charge in [-0.1, -0.05) is 55.3 Å². The number of ether oxygens (including phenoxy) is 1. The van der Waals surface area contributed by atoms with Gasteiger partial charge >= 0.3 is 0 Å². The molecule has 3 aromatic rings. The molecule has 5 rings (SSSR count). The summed E-state index contributed by atoms with van der Waals surface area (Å²) in [5.41, 5.74) is 5.09. The highest BCUT2D eigenvalue weighted by Crippen LogP contribution is 2.43. The van der Waals surface area contributed by atoms with Crippen molar-refractivity contribution >= 4 is 11.7 Å². The minimum Gasteiger partial charge on any atom is -0.497 e. The fourth-order valence-electron chi connectivity index (χ4n) is 4.56.